The smallest absolute Gasteiger partial charge is 0.0544 e. The van der Waals surface area contributed by atoms with Crippen molar-refractivity contribution < 1.29 is 0 Å². The van der Waals surface area contributed by atoms with Gasteiger partial charge in [-0.1, -0.05) is 107 Å². The van der Waals surface area contributed by atoms with Gasteiger partial charge in [-0.15, -0.1) is 0 Å². The minimum absolute atomic E-state index is 0.0146. The molecule has 44 heavy (non-hydrogen) atoms. The minimum atomic E-state index is -0.0563. The monoisotopic (exact) mass is 566 g/mol. The largest absolute Gasteiger partial charge is 0.309 e. The first kappa shape index (κ1) is 25.4. The maximum atomic E-state index is 2.50. The standard InChI is InChI=1S/C42H34N2/c1-41(2)35-19-11-8-16-29(35)32-25-34-31-18-10-13-21-38(31)44(40(34)26-36(32)42(41,3)4)28-22-23-39-33(24-28)30-17-9-12-20-37(30)43(39)27-14-6-5-7-15-27/h5-26H,1-4H3. The first-order chi connectivity index (χ1) is 21.4. The fourth-order valence-electron chi connectivity index (χ4n) is 7.92. The lowest BCUT2D eigenvalue weighted by molar-refractivity contribution is 0.299. The first-order valence-corrected chi connectivity index (χ1v) is 15.6. The van der Waals surface area contributed by atoms with Crippen LogP contribution >= 0.6 is 0 Å². The Bertz CT molecular complexity index is 2430. The molecule has 0 saturated carbocycles. The zero-order valence-electron chi connectivity index (χ0n) is 25.6. The maximum Gasteiger partial charge on any atom is 0.0544 e. The van der Waals surface area contributed by atoms with Gasteiger partial charge in [0.15, 0.2) is 0 Å². The van der Waals surface area contributed by atoms with Crippen LogP contribution in [0.3, 0.4) is 0 Å². The van der Waals surface area contributed by atoms with E-state index in [9.17, 15) is 0 Å². The van der Waals surface area contributed by atoms with Crippen molar-refractivity contribution in [2.24, 2.45) is 0 Å². The summed E-state index contributed by atoms with van der Waals surface area (Å²) in [6.07, 6.45) is 0. The lowest BCUT2D eigenvalue weighted by Gasteiger charge is -2.48. The van der Waals surface area contributed by atoms with E-state index in [1.54, 1.807) is 0 Å². The molecule has 6 aromatic carbocycles. The highest BCUT2D eigenvalue weighted by atomic mass is 15.0. The van der Waals surface area contributed by atoms with E-state index in [1.807, 2.05) is 0 Å². The Balaban J connectivity index is 1.37. The summed E-state index contributed by atoms with van der Waals surface area (Å²) < 4.78 is 4.88. The SMILES string of the molecule is CC1(C)c2ccccc2-c2cc3c4ccccc4n(-c4ccc5c(c4)c4ccccc4n5-c4ccccc4)c3cc2C1(C)C. The summed E-state index contributed by atoms with van der Waals surface area (Å²) in [5.41, 5.74) is 12.8. The van der Waals surface area contributed by atoms with E-state index >= 15 is 0 Å². The Morgan fingerprint density at radius 1 is 0.364 bits per heavy atom. The van der Waals surface area contributed by atoms with Crippen LogP contribution in [0, 0.1) is 0 Å². The molecular formula is C42H34N2. The van der Waals surface area contributed by atoms with Crippen molar-refractivity contribution in [3.8, 4) is 22.5 Å². The molecular weight excluding hydrogens is 532 g/mol. The van der Waals surface area contributed by atoms with Crippen LogP contribution in [-0.2, 0) is 10.8 Å². The van der Waals surface area contributed by atoms with Crippen LogP contribution in [0.2, 0.25) is 0 Å². The number of hydrogen-bond donors (Lipinski definition) is 0. The molecule has 0 fully saturated rings. The maximum absolute atomic E-state index is 2.50. The van der Waals surface area contributed by atoms with Crippen molar-refractivity contribution in [3.05, 3.63) is 145 Å². The summed E-state index contributed by atoms with van der Waals surface area (Å²) in [4.78, 5) is 0. The molecule has 0 spiro atoms. The normalized spacial score (nSPS) is 15.2. The predicted molar refractivity (Wildman–Crippen MR) is 187 cm³/mol. The Hall–Kier alpha value is -5.08. The lowest BCUT2D eigenvalue weighted by Crippen LogP contribution is -2.43. The number of para-hydroxylation sites is 3. The van der Waals surface area contributed by atoms with E-state index < -0.39 is 0 Å². The third kappa shape index (κ3) is 3.20. The first-order valence-electron chi connectivity index (χ1n) is 15.6. The summed E-state index contributed by atoms with van der Waals surface area (Å²) in [6.45, 7) is 9.66. The average Bonchev–Trinajstić information content (AvgIpc) is 3.56. The van der Waals surface area contributed by atoms with Crippen LogP contribution < -0.4 is 0 Å². The highest BCUT2D eigenvalue weighted by Gasteiger charge is 2.46. The van der Waals surface area contributed by atoms with Gasteiger partial charge >= 0.3 is 0 Å². The molecule has 212 valence electrons. The van der Waals surface area contributed by atoms with Gasteiger partial charge in [-0.2, -0.15) is 0 Å². The van der Waals surface area contributed by atoms with Crippen LogP contribution in [0.4, 0.5) is 0 Å². The van der Waals surface area contributed by atoms with E-state index in [1.165, 1.54) is 77.2 Å². The van der Waals surface area contributed by atoms with Gasteiger partial charge in [-0.3, -0.25) is 0 Å². The van der Waals surface area contributed by atoms with E-state index in [0.717, 1.165) is 0 Å². The summed E-state index contributed by atoms with van der Waals surface area (Å²) in [5, 5.41) is 5.13. The van der Waals surface area contributed by atoms with Gasteiger partial charge in [0, 0.05) is 32.9 Å². The second kappa shape index (κ2) is 8.74. The van der Waals surface area contributed by atoms with Gasteiger partial charge in [0.2, 0.25) is 0 Å². The van der Waals surface area contributed by atoms with Crippen molar-refractivity contribution in [2.75, 3.05) is 0 Å². The molecule has 2 aromatic heterocycles. The molecule has 0 saturated heterocycles. The van der Waals surface area contributed by atoms with Crippen molar-refractivity contribution in [1.29, 1.82) is 0 Å². The number of nitrogens with zero attached hydrogens (tertiary/aromatic N) is 2. The summed E-state index contributed by atoms with van der Waals surface area (Å²) in [6, 6.07) is 49.4. The van der Waals surface area contributed by atoms with Gasteiger partial charge in [0.25, 0.3) is 0 Å². The third-order valence-corrected chi connectivity index (χ3v) is 10.9. The van der Waals surface area contributed by atoms with Crippen molar-refractivity contribution in [3.63, 3.8) is 0 Å². The molecule has 0 bridgehead atoms. The molecule has 0 aliphatic heterocycles. The molecule has 1 aliphatic rings. The van der Waals surface area contributed by atoms with Crippen molar-refractivity contribution in [2.45, 2.75) is 38.5 Å². The summed E-state index contributed by atoms with van der Waals surface area (Å²) in [7, 11) is 0. The molecule has 2 nitrogen and oxygen atoms in total. The Kier molecular flexibility index (Phi) is 5.05. The molecule has 0 atom stereocenters. The van der Waals surface area contributed by atoms with Crippen LogP contribution in [0.15, 0.2) is 133 Å². The van der Waals surface area contributed by atoms with Gasteiger partial charge in [-0.05, 0) is 87.7 Å². The predicted octanol–water partition coefficient (Wildman–Crippen LogP) is 11.1. The van der Waals surface area contributed by atoms with E-state index in [-0.39, 0.29) is 10.8 Å². The zero-order valence-corrected chi connectivity index (χ0v) is 25.6. The van der Waals surface area contributed by atoms with Crippen LogP contribution in [0.1, 0.15) is 38.8 Å². The van der Waals surface area contributed by atoms with Gasteiger partial charge in [0.05, 0.1) is 22.1 Å². The molecule has 0 amide bonds. The van der Waals surface area contributed by atoms with Crippen LogP contribution in [-0.4, -0.2) is 9.13 Å². The van der Waals surface area contributed by atoms with Crippen LogP contribution in [0.25, 0.3) is 66.1 Å². The number of benzene rings is 6. The molecule has 0 radical (unpaired) electrons. The fourth-order valence-corrected chi connectivity index (χ4v) is 7.92. The number of hydrogen-bond acceptors (Lipinski definition) is 0. The quantitative estimate of drug-likeness (QED) is 0.197. The molecule has 8 aromatic rings. The van der Waals surface area contributed by atoms with Gasteiger partial charge in [-0.25, -0.2) is 0 Å². The topological polar surface area (TPSA) is 9.86 Å². The molecule has 9 rings (SSSR count). The third-order valence-electron chi connectivity index (χ3n) is 10.9. The molecule has 1 aliphatic carbocycles. The molecule has 2 heteroatoms. The Morgan fingerprint density at radius 3 is 1.64 bits per heavy atom. The number of aromatic nitrogens is 2. The Morgan fingerprint density at radius 2 is 0.909 bits per heavy atom. The minimum Gasteiger partial charge on any atom is -0.309 e. The second-order valence-corrected chi connectivity index (χ2v) is 13.5. The van der Waals surface area contributed by atoms with E-state index in [2.05, 4.69) is 170 Å². The van der Waals surface area contributed by atoms with Gasteiger partial charge < -0.3 is 9.13 Å². The molecule has 0 N–H and O–H groups in total. The molecule has 0 unspecified atom stereocenters. The average molecular weight is 567 g/mol. The fraction of sp³-hybridized carbons (Fsp3) is 0.143. The van der Waals surface area contributed by atoms with Crippen molar-refractivity contribution in [1.82, 2.24) is 9.13 Å². The van der Waals surface area contributed by atoms with E-state index in [4.69, 9.17) is 0 Å². The second-order valence-electron chi connectivity index (χ2n) is 13.5. The van der Waals surface area contributed by atoms with Gasteiger partial charge in [0.1, 0.15) is 0 Å². The summed E-state index contributed by atoms with van der Waals surface area (Å²) >= 11 is 0. The number of fused-ring (bicyclic) bond motifs is 9. The lowest BCUT2D eigenvalue weighted by atomic mass is 9.55. The van der Waals surface area contributed by atoms with Crippen molar-refractivity contribution >= 4 is 43.6 Å². The van der Waals surface area contributed by atoms with E-state index in [0.29, 0.717) is 0 Å². The highest BCUT2D eigenvalue weighted by molar-refractivity contribution is 6.13. The van der Waals surface area contributed by atoms with Crippen LogP contribution in [0.5, 0.6) is 0 Å². The highest BCUT2D eigenvalue weighted by Crippen LogP contribution is 2.55. The molecule has 2 heterocycles. The zero-order chi connectivity index (χ0) is 29.8. The number of rotatable bonds is 2. The summed E-state index contributed by atoms with van der Waals surface area (Å²) in [5.74, 6) is 0. The Labute approximate surface area is 257 Å².